The van der Waals surface area contributed by atoms with E-state index in [0.717, 1.165) is 6.26 Å². The predicted molar refractivity (Wildman–Crippen MR) is 95.6 cm³/mol. The van der Waals surface area contributed by atoms with Crippen LogP contribution in [0, 0.1) is 0 Å². The number of sulfone groups is 1. The van der Waals surface area contributed by atoms with E-state index in [1.54, 1.807) is 24.3 Å². The van der Waals surface area contributed by atoms with Crippen LogP contribution >= 0.6 is 23.2 Å². The molecule has 1 aliphatic rings. The summed E-state index contributed by atoms with van der Waals surface area (Å²) in [6.07, 6.45) is 2.58. The van der Waals surface area contributed by atoms with Crippen molar-refractivity contribution in [3.8, 4) is 11.1 Å². The largest absolute Gasteiger partial charge is 0.309 e. The molecular weight excluding hydrogens is 371 g/mol. The van der Waals surface area contributed by atoms with Crippen LogP contribution in [0.3, 0.4) is 0 Å². The van der Waals surface area contributed by atoms with Gasteiger partial charge in [-0.15, -0.1) is 0 Å². The average Bonchev–Trinajstić information content (AvgIpc) is 2.94. The lowest BCUT2D eigenvalue weighted by atomic mass is 10.0. The predicted octanol–water partition coefficient (Wildman–Crippen LogP) is 2.27. The third-order valence-electron chi connectivity index (χ3n) is 3.63. The first-order valence-corrected chi connectivity index (χ1v) is 9.51. The highest BCUT2D eigenvalue weighted by Gasteiger charge is 2.30. The molecule has 0 aromatic heterocycles. The highest BCUT2D eigenvalue weighted by molar-refractivity contribution is 7.90. The van der Waals surface area contributed by atoms with Crippen LogP contribution in [-0.2, 0) is 15.6 Å². The van der Waals surface area contributed by atoms with Gasteiger partial charge in [-0.05, 0) is 29.8 Å². The Morgan fingerprint density at radius 1 is 1.17 bits per heavy atom. The first-order valence-electron chi connectivity index (χ1n) is 6.86. The number of nitrogens with zero attached hydrogens (tertiary/aromatic N) is 1. The standard InChI is InChI=1S/C15H14Cl2N4O2S/c1-24(22,23)11-4-2-3-9(5-11)14-12(16)6-10(7-13(14)17)15(18)19-8-20-21-15/h2-8,21H,18H2,1H3,(H,19,20). The Hall–Kier alpha value is -1.64. The Labute approximate surface area is 149 Å². The normalized spacial score (nSPS) is 20.2. The molecule has 1 heterocycles. The van der Waals surface area contributed by atoms with Gasteiger partial charge in [-0.3, -0.25) is 5.73 Å². The van der Waals surface area contributed by atoms with E-state index in [4.69, 9.17) is 28.9 Å². The minimum Gasteiger partial charge on any atom is -0.309 e. The summed E-state index contributed by atoms with van der Waals surface area (Å²) in [6.45, 7) is 0. The summed E-state index contributed by atoms with van der Waals surface area (Å²) in [5.41, 5.74) is 13.3. The van der Waals surface area contributed by atoms with Crippen LogP contribution in [-0.4, -0.2) is 21.0 Å². The maximum absolute atomic E-state index is 11.7. The number of hydrogen-bond donors (Lipinski definition) is 3. The van der Waals surface area contributed by atoms with E-state index in [2.05, 4.69) is 15.8 Å². The molecule has 2 aromatic rings. The van der Waals surface area contributed by atoms with Crippen molar-refractivity contribution in [1.82, 2.24) is 10.9 Å². The van der Waals surface area contributed by atoms with Gasteiger partial charge in [0.2, 0.25) is 5.79 Å². The Balaban J connectivity index is 2.12. The second-order valence-electron chi connectivity index (χ2n) is 5.41. The summed E-state index contributed by atoms with van der Waals surface area (Å²) in [5, 5.41) is 0.689. The van der Waals surface area contributed by atoms with E-state index >= 15 is 0 Å². The van der Waals surface area contributed by atoms with E-state index in [9.17, 15) is 8.42 Å². The number of aliphatic imine (C=N–C) groups is 1. The Kier molecular flexibility index (Phi) is 4.31. The van der Waals surface area contributed by atoms with Crippen LogP contribution in [0.15, 0.2) is 46.3 Å². The third kappa shape index (κ3) is 3.13. The summed E-state index contributed by atoms with van der Waals surface area (Å²) in [4.78, 5) is 4.30. The molecule has 0 aliphatic carbocycles. The van der Waals surface area contributed by atoms with Crippen molar-refractivity contribution < 1.29 is 8.42 Å². The summed E-state index contributed by atoms with van der Waals surface area (Å²) < 4.78 is 23.5. The number of rotatable bonds is 3. The summed E-state index contributed by atoms with van der Waals surface area (Å²) in [6, 6.07) is 9.73. The maximum Gasteiger partial charge on any atom is 0.206 e. The highest BCUT2D eigenvalue weighted by atomic mass is 35.5. The zero-order chi connectivity index (χ0) is 17.5. The number of hydrazine groups is 1. The first kappa shape index (κ1) is 17.2. The summed E-state index contributed by atoms with van der Waals surface area (Å²) >= 11 is 12.8. The molecule has 6 nitrogen and oxygen atoms in total. The lowest BCUT2D eigenvalue weighted by Crippen LogP contribution is -2.49. The molecule has 0 saturated heterocycles. The molecule has 9 heteroatoms. The van der Waals surface area contributed by atoms with Crippen molar-refractivity contribution in [2.75, 3.05) is 6.26 Å². The minimum absolute atomic E-state index is 0.192. The fourth-order valence-electron chi connectivity index (χ4n) is 2.41. The molecule has 1 unspecified atom stereocenters. The topological polar surface area (TPSA) is 96.6 Å². The van der Waals surface area contributed by atoms with E-state index < -0.39 is 15.6 Å². The lowest BCUT2D eigenvalue weighted by molar-refractivity contribution is 0.375. The molecule has 0 bridgehead atoms. The Bertz CT molecular complexity index is 923. The van der Waals surface area contributed by atoms with Crippen molar-refractivity contribution in [3.05, 3.63) is 52.0 Å². The average molecular weight is 385 g/mol. The van der Waals surface area contributed by atoms with Gasteiger partial charge in [-0.2, -0.15) is 5.43 Å². The van der Waals surface area contributed by atoms with Crippen molar-refractivity contribution in [2.45, 2.75) is 10.7 Å². The van der Waals surface area contributed by atoms with Gasteiger partial charge in [0.15, 0.2) is 9.84 Å². The van der Waals surface area contributed by atoms with Gasteiger partial charge in [-0.25, -0.2) is 13.4 Å². The smallest absolute Gasteiger partial charge is 0.206 e. The van der Waals surface area contributed by atoms with Crippen molar-refractivity contribution in [2.24, 2.45) is 10.7 Å². The number of nitrogens with one attached hydrogen (secondary N) is 2. The Morgan fingerprint density at radius 3 is 2.38 bits per heavy atom. The van der Waals surface area contributed by atoms with Gasteiger partial charge in [0, 0.05) is 17.4 Å². The third-order valence-corrected chi connectivity index (χ3v) is 5.33. The molecule has 2 aromatic carbocycles. The van der Waals surface area contributed by atoms with Crippen molar-refractivity contribution in [1.29, 1.82) is 0 Å². The monoisotopic (exact) mass is 384 g/mol. The van der Waals surface area contributed by atoms with Gasteiger partial charge in [0.25, 0.3) is 0 Å². The lowest BCUT2D eigenvalue weighted by Gasteiger charge is -2.22. The molecule has 24 heavy (non-hydrogen) atoms. The molecule has 3 rings (SSSR count). The summed E-state index contributed by atoms with van der Waals surface area (Å²) in [5.74, 6) is -1.17. The van der Waals surface area contributed by atoms with Crippen LogP contribution in [0.25, 0.3) is 11.1 Å². The molecule has 0 radical (unpaired) electrons. The second-order valence-corrected chi connectivity index (χ2v) is 8.24. The molecule has 0 amide bonds. The molecule has 4 N–H and O–H groups in total. The molecular formula is C15H14Cl2N4O2S. The SMILES string of the molecule is CS(=O)(=O)c1cccc(-c2c(Cl)cc(C3(N)N=CNN3)cc2Cl)c1. The van der Waals surface area contributed by atoms with Gasteiger partial charge in [0.05, 0.1) is 14.9 Å². The molecule has 0 saturated carbocycles. The molecule has 1 aliphatic heterocycles. The van der Waals surface area contributed by atoms with Crippen molar-refractivity contribution in [3.63, 3.8) is 0 Å². The molecule has 0 spiro atoms. The van der Waals surface area contributed by atoms with Crippen LogP contribution in [0.5, 0.6) is 0 Å². The molecule has 1 atom stereocenters. The summed E-state index contributed by atoms with van der Waals surface area (Å²) in [7, 11) is -3.33. The van der Waals surface area contributed by atoms with E-state index in [-0.39, 0.29) is 4.90 Å². The quantitative estimate of drug-likeness (QED) is 0.753. The van der Waals surface area contributed by atoms with E-state index in [1.807, 2.05) is 0 Å². The van der Waals surface area contributed by atoms with Gasteiger partial charge < -0.3 is 5.43 Å². The van der Waals surface area contributed by atoms with Crippen LogP contribution in [0.4, 0.5) is 0 Å². The fraction of sp³-hybridized carbons (Fsp3) is 0.133. The van der Waals surface area contributed by atoms with E-state index in [1.165, 1.54) is 18.5 Å². The Morgan fingerprint density at radius 2 is 1.83 bits per heavy atom. The van der Waals surface area contributed by atoms with Crippen LogP contribution < -0.4 is 16.6 Å². The minimum atomic E-state index is -3.33. The van der Waals surface area contributed by atoms with Crippen LogP contribution in [0.2, 0.25) is 10.0 Å². The maximum atomic E-state index is 11.7. The van der Waals surface area contributed by atoms with E-state index in [0.29, 0.717) is 26.7 Å². The van der Waals surface area contributed by atoms with Gasteiger partial charge in [-0.1, -0.05) is 35.3 Å². The first-order chi connectivity index (χ1) is 11.2. The molecule has 0 fully saturated rings. The number of hydrogen-bond acceptors (Lipinski definition) is 6. The fourth-order valence-corrected chi connectivity index (χ4v) is 3.78. The van der Waals surface area contributed by atoms with Crippen molar-refractivity contribution >= 4 is 39.4 Å². The zero-order valence-corrected chi connectivity index (χ0v) is 14.9. The van der Waals surface area contributed by atoms with Gasteiger partial charge >= 0.3 is 0 Å². The second kappa shape index (κ2) is 6.02. The highest BCUT2D eigenvalue weighted by Crippen LogP contribution is 2.38. The zero-order valence-electron chi connectivity index (χ0n) is 12.5. The number of halogens is 2. The van der Waals surface area contributed by atoms with Crippen LogP contribution in [0.1, 0.15) is 5.56 Å². The number of nitrogens with two attached hydrogens (primary N) is 1. The molecule has 126 valence electrons. The van der Waals surface area contributed by atoms with Gasteiger partial charge in [0.1, 0.15) is 6.34 Å². The number of benzene rings is 2.